The molecular formula is C23H27NO3. The van der Waals surface area contributed by atoms with Gasteiger partial charge in [0.1, 0.15) is 17.1 Å². The first-order valence-electron chi connectivity index (χ1n) is 9.50. The highest BCUT2D eigenvalue weighted by Crippen LogP contribution is 2.42. The molecule has 3 rings (SSSR count). The molecule has 1 aliphatic rings. The largest absolute Gasteiger partial charge is 0.496 e. The van der Waals surface area contributed by atoms with Gasteiger partial charge in [0, 0.05) is 23.6 Å². The molecule has 2 aromatic rings. The number of fused-ring (bicyclic) bond motifs is 1. The SMILES string of the molecule is CCC1(CC)C[C@H](NC(=O)/C=C/c2ccccc2OC)c2ccccc2O1. The first-order valence-corrected chi connectivity index (χ1v) is 9.50. The van der Waals surface area contributed by atoms with Crippen molar-refractivity contribution in [1.29, 1.82) is 0 Å². The molecule has 0 spiro atoms. The maximum Gasteiger partial charge on any atom is 0.244 e. The number of nitrogens with one attached hydrogen (secondary N) is 1. The molecule has 1 N–H and O–H groups in total. The van der Waals surface area contributed by atoms with Gasteiger partial charge in [-0.15, -0.1) is 0 Å². The first-order chi connectivity index (χ1) is 13.1. The maximum absolute atomic E-state index is 12.6. The van der Waals surface area contributed by atoms with Gasteiger partial charge in [0.25, 0.3) is 0 Å². The van der Waals surface area contributed by atoms with Crippen molar-refractivity contribution in [2.24, 2.45) is 0 Å². The summed E-state index contributed by atoms with van der Waals surface area (Å²) in [6.45, 7) is 4.27. The van der Waals surface area contributed by atoms with Crippen LogP contribution in [0.4, 0.5) is 0 Å². The fraction of sp³-hybridized carbons (Fsp3) is 0.348. The van der Waals surface area contributed by atoms with E-state index in [1.807, 2.05) is 48.5 Å². The number of carbonyl (C=O) groups is 1. The lowest BCUT2D eigenvalue weighted by Gasteiger charge is -2.41. The zero-order chi connectivity index (χ0) is 19.3. The third-order valence-electron chi connectivity index (χ3n) is 5.36. The fourth-order valence-corrected chi connectivity index (χ4v) is 3.62. The van der Waals surface area contributed by atoms with E-state index in [9.17, 15) is 4.79 Å². The second-order valence-corrected chi connectivity index (χ2v) is 6.87. The van der Waals surface area contributed by atoms with Crippen LogP contribution in [-0.2, 0) is 4.79 Å². The Morgan fingerprint density at radius 2 is 1.89 bits per heavy atom. The van der Waals surface area contributed by atoms with Crippen LogP contribution in [0.25, 0.3) is 6.08 Å². The zero-order valence-corrected chi connectivity index (χ0v) is 16.2. The minimum absolute atomic E-state index is 0.0651. The number of amides is 1. The summed E-state index contributed by atoms with van der Waals surface area (Å²) in [4.78, 5) is 12.6. The normalized spacial score (nSPS) is 17.8. The molecule has 0 unspecified atom stereocenters. The minimum Gasteiger partial charge on any atom is -0.496 e. The summed E-state index contributed by atoms with van der Waals surface area (Å²) in [6.07, 6.45) is 5.93. The van der Waals surface area contributed by atoms with Gasteiger partial charge in [-0.25, -0.2) is 0 Å². The van der Waals surface area contributed by atoms with Crippen LogP contribution >= 0.6 is 0 Å². The summed E-state index contributed by atoms with van der Waals surface area (Å²) in [7, 11) is 1.63. The molecule has 142 valence electrons. The lowest BCUT2D eigenvalue weighted by atomic mass is 9.83. The van der Waals surface area contributed by atoms with E-state index in [0.29, 0.717) is 0 Å². The van der Waals surface area contributed by atoms with Crippen molar-refractivity contribution in [3.63, 3.8) is 0 Å². The van der Waals surface area contributed by atoms with Crippen molar-refractivity contribution in [3.05, 3.63) is 65.7 Å². The topological polar surface area (TPSA) is 47.6 Å². The molecule has 1 atom stereocenters. The van der Waals surface area contributed by atoms with Gasteiger partial charge in [0.05, 0.1) is 13.2 Å². The van der Waals surface area contributed by atoms with Crippen LogP contribution < -0.4 is 14.8 Å². The predicted octanol–water partition coefficient (Wildman–Crippen LogP) is 4.91. The van der Waals surface area contributed by atoms with Crippen LogP contribution in [0, 0.1) is 0 Å². The van der Waals surface area contributed by atoms with Gasteiger partial charge in [-0.2, -0.15) is 0 Å². The number of carbonyl (C=O) groups excluding carboxylic acids is 1. The summed E-state index contributed by atoms with van der Waals surface area (Å²) < 4.78 is 11.6. The molecule has 0 saturated carbocycles. The Hall–Kier alpha value is -2.75. The first kappa shape index (κ1) is 19.0. The second-order valence-electron chi connectivity index (χ2n) is 6.87. The van der Waals surface area contributed by atoms with Gasteiger partial charge in [0.2, 0.25) is 5.91 Å². The third kappa shape index (κ3) is 4.16. The molecule has 4 nitrogen and oxygen atoms in total. The standard InChI is InChI=1S/C23H27NO3/c1-4-23(5-2)16-19(18-11-7-9-13-21(18)27-23)24-22(25)15-14-17-10-6-8-12-20(17)26-3/h6-15,19H,4-5,16H2,1-3H3,(H,24,25)/b15-14+/t19-/m0/s1. The molecule has 0 saturated heterocycles. The molecule has 4 heteroatoms. The molecule has 1 heterocycles. The number of hydrogen-bond donors (Lipinski definition) is 1. The van der Waals surface area contributed by atoms with Crippen LogP contribution in [0.3, 0.4) is 0 Å². The smallest absolute Gasteiger partial charge is 0.244 e. The van der Waals surface area contributed by atoms with Crippen molar-refractivity contribution in [3.8, 4) is 11.5 Å². The Kier molecular flexibility index (Phi) is 5.84. The van der Waals surface area contributed by atoms with Crippen LogP contribution in [0.2, 0.25) is 0 Å². The van der Waals surface area contributed by atoms with Crippen molar-refractivity contribution in [2.75, 3.05) is 7.11 Å². The molecule has 0 aliphatic carbocycles. The molecule has 0 radical (unpaired) electrons. The van der Waals surface area contributed by atoms with E-state index in [4.69, 9.17) is 9.47 Å². The third-order valence-corrected chi connectivity index (χ3v) is 5.36. The Labute approximate surface area is 161 Å². The molecule has 0 aromatic heterocycles. The van der Waals surface area contributed by atoms with Crippen LogP contribution in [0.15, 0.2) is 54.6 Å². The molecule has 27 heavy (non-hydrogen) atoms. The molecular weight excluding hydrogens is 338 g/mol. The highest BCUT2D eigenvalue weighted by Gasteiger charge is 2.38. The summed E-state index contributed by atoms with van der Waals surface area (Å²) in [5.74, 6) is 1.49. The molecule has 0 bridgehead atoms. The molecule has 0 fully saturated rings. The maximum atomic E-state index is 12.6. The Bertz CT molecular complexity index is 824. The lowest BCUT2D eigenvalue weighted by molar-refractivity contribution is -0.117. The van der Waals surface area contributed by atoms with Crippen LogP contribution in [0.5, 0.6) is 11.5 Å². The number of benzene rings is 2. The average molecular weight is 365 g/mol. The van der Waals surface area contributed by atoms with Crippen molar-refractivity contribution in [1.82, 2.24) is 5.32 Å². The monoisotopic (exact) mass is 365 g/mol. The van der Waals surface area contributed by atoms with E-state index in [0.717, 1.165) is 41.9 Å². The number of methoxy groups -OCH3 is 1. The van der Waals surface area contributed by atoms with Crippen LogP contribution in [0.1, 0.15) is 50.3 Å². The Morgan fingerprint density at radius 3 is 2.63 bits per heavy atom. The number of rotatable bonds is 6. The summed E-state index contributed by atoms with van der Waals surface area (Å²) in [6, 6.07) is 15.5. The Balaban J connectivity index is 1.79. The van der Waals surface area contributed by atoms with Gasteiger partial charge >= 0.3 is 0 Å². The molecule has 1 aliphatic heterocycles. The van der Waals surface area contributed by atoms with E-state index in [-0.39, 0.29) is 17.6 Å². The van der Waals surface area contributed by atoms with Crippen LogP contribution in [-0.4, -0.2) is 18.6 Å². The number of para-hydroxylation sites is 2. The van der Waals surface area contributed by atoms with Crippen molar-refractivity contribution >= 4 is 12.0 Å². The van der Waals surface area contributed by atoms with E-state index in [2.05, 4.69) is 19.2 Å². The summed E-state index contributed by atoms with van der Waals surface area (Å²) in [5, 5.41) is 3.16. The van der Waals surface area contributed by atoms with Gasteiger partial charge in [-0.1, -0.05) is 50.2 Å². The van der Waals surface area contributed by atoms with Crippen molar-refractivity contribution < 1.29 is 14.3 Å². The van der Waals surface area contributed by atoms with Crippen molar-refractivity contribution in [2.45, 2.75) is 44.8 Å². The van der Waals surface area contributed by atoms with E-state index in [1.165, 1.54) is 0 Å². The minimum atomic E-state index is -0.237. The highest BCUT2D eigenvalue weighted by atomic mass is 16.5. The average Bonchev–Trinajstić information content (AvgIpc) is 2.72. The molecule has 1 amide bonds. The van der Waals surface area contributed by atoms with Gasteiger partial charge < -0.3 is 14.8 Å². The summed E-state index contributed by atoms with van der Waals surface area (Å²) >= 11 is 0. The zero-order valence-electron chi connectivity index (χ0n) is 16.2. The highest BCUT2D eigenvalue weighted by molar-refractivity contribution is 5.92. The molecule has 2 aromatic carbocycles. The number of ether oxygens (including phenoxy) is 2. The predicted molar refractivity (Wildman–Crippen MR) is 108 cm³/mol. The van der Waals surface area contributed by atoms with Gasteiger partial charge in [-0.3, -0.25) is 4.79 Å². The van der Waals surface area contributed by atoms with Gasteiger partial charge in [0.15, 0.2) is 0 Å². The number of hydrogen-bond acceptors (Lipinski definition) is 3. The van der Waals surface area contributed by atoms with E-state index in [1.54, 1.807) is 19.3 Å². The quantitative estimate of drug-likeness (QED) is 0.740. The van der Waals surface area contributed by atoms with E-state index >= 15 is 0 Å². The van der Waals surface area contributed by atoms with Gasteiger partial charge in [-0.05, 0) is 31.1 Å². The second kappa shape index (κ2) is 8.30. The summed E-state index contributed by atoms with van der Waals surface area (Å²) in [5.41, 5.74) is 1.67. The lowest BCUT2D eigenvalue weighted by Crippen LogP contribution is -2.44. The Morgan fingerprint density at radius 1 is 1.19 bits per heavy atom. The fourth-order valence-electron chi connectivity index (χ4n) is 3.62. The van der Waals surface area contributed by atoms with E-state index < -0.39 is 0 Å².